The molecular formula is C19H22N6O. The number of anilines is 1. The van der Waals surface area contributed by atoms with E-state index in [-0.39, 0.29) is 5.56 Å². The second-order valence-corrected chi connectivity index (χ2v) is 7.49. The monoisotopic (exact) mass is 350 g/mol. The Balaban J connectivity index is 2.38. The fourth-order valence-corrected chi connectivity index (χ4v) is 2.84. The van der Waals surface area contributed by atoms with Crippen molar-refractivity contribution in [2.45, 2.75) is 32.7 Å². The second kappa shape index (κ2) is 6.30. The Hall–Kier alpha value is -3.14. The zero-order valence-electron chi connectivity index (χ0n) is 15.7. The van der Waals surface area contributed by atoms with Crippen molar-refractivity contribution < 1.29 is 0 Å². The fourth-order valence-electron chi connectivity index (χ4n) is 2.84. The Labute approximate surface area is 152 Å². The number of nitriles is 1. The average molecular weight is 350 g/mol. The molecule has 1 aromatic carbocycles. The van der Waals surface area contributed by atoms with Crippen LogP contribution in [0.25, 0.3) is 5.65 Å². The summed E-state index contributed by atoms with van der Waals surface area (Å²) in [6.45, 7) is 6.27. The summed E-state index contributed by atoms with van der Waals surface area (Å²) in [5.74, 6) is 0.458. The van der Waals surface area contributed by atoms with E-state index in [1.807, 2.05) is 51.1 Å². The van der Waals surface area contributed by atoms with Crippen molar-refractivity contribution in [2.75, 3.05) is 19.0 Å². The Kier molecular flexibility index (Phi) is 4.28. The Morgan fingerprint density at radius 2 is 1.81 bits per heavy atom. The van der Waals surface area contributed by atoms with Crippen LogP contribution in [0.15, 0.2) is 35.1 Å². The molecule has 0 saturated heterocycles. The summed E-state index contributed by atoms with van der Waals surface area (Å²) in [6, 6.07) is 12.0. The first-order valence-corrected chi connectivity index (χ1v) is 8.39. The van der Waals surface area contributed by atoms with Crippen molar-refractivity contribution in [3.8, 4) is 6.07 Å². The van der Waals surface area contributed by atoms with Crippen LogP contribution in [-0.4, -0.2) is 33.5 Å². The Morgan fingerprint density at radius 3 is 2.35 bits per heavy atom. The van der Waals surface area contributed by atoms with E-state index in [4.69, 9.17) is 0 Å². The molecule has 0 unspecified atom stereocenters. The molecule has 0 N–H and O–H groups in total. The maximum Gasteiger partial charge on any atom is 0.296 e. The molecule has 134 valence electrons. The van der Waals surface area contributed by atoms with Crippen LogP contribution in [-0.2, 0) is 12.0 Å². The normalized spacial score (nSPS) is 11.5. The van der Waals surface area contributed by atoms with E-state index in [0.717, 1.165) is 5.56 Å². The van der Waals surface area contributed by atoms with Gasteiger partial charge in [0.25, 0.3) is 5.56 Å². The van der Waals surface area contributed by atoms with Gasteiger partial charge in [-0.2, -0.15) is 14.9 Å². The third-order valence-electron chi connectivity index (χ3n) is 4.12. The SMILES string of the molecule is CN(C)c1nn2c(=O)c(C(C)(C)C)nn(Cc3ccccc3)c2c1C#N. The van der Waals surface area contributed by atoms with Crippen molar-refractivity contribution in [2.24, 2.45) is 0 Å². The fraction of sp³-hybridized carbons (Fsp3) is 0.368. The largest absolute Gasteiger partial charge is 0.360 e. The van der Waals surface area contributed by atoms with Crippen LogP contribution in [0.3, 0.4) is 0 Å². The van der Waals surface area contributed by atoms with Crippen molar-refractivity contribution in [1.29, 1.82) is 5.26 Å². The predicted molar refractivity (Wildman–Crippen MR) is 101 cm³/mol. The molecule has 0 radical (unpaired) electrons. The highest BCUT2D eigenvalue weighted by atomic mass is 16.1. The number of rotatable bonds is 3. The summed E-state index contributed by atoms with van der Waals surface area (Å²) in [7, 11) is 3.60. The Morgan fingerprint density at radius 1 is 1.15 bits per heavy atom. The van der Waals surface area contributed by atoms with Crippen LogP contribution in [0.1, 0.15) is 37.6 Å². The third kappa shape index (κ3) is 2.94. The van der Waals surface area contributed by atoms with E-state index in [1.165, 1.54) is 4.52 Å². The molecular weight excluding hydrogens is 328 g/mol. The maximum absolute atomic E-state index is 13.0. The van der Waals surface area contributed by atoms with Crippen LogP contribution in [0.5, 0.6) is 0 Å². The zero-order chi connectivity index (χ0) is 19.1. The highest BCUT2D eigenvalue weighted by Crippen LogP contribution is 2.23. The highest BCUT2D eigenvalue weighted by molar-refractivity contribution is 5.68. The summed E-state index contributed by atoms with van der Waals surface area (Å²) >= 11 is 0. The van der Waals surface area contributed by atoms with Gasteiger partial charge in [-0.15, -0.1) is 5.10 Å². The molecule has 0 aliphatic rings. The van der Waals surface area contributed by atoms with E-state index in [9.17, 15) is 10.1 Å². The number of hydrogen-bond acceptors (Lipinski definition) is 5. The van der Waals surface area contributed by atoms with Crippen molar-refractivity contribution in [1.82, 2.24) is 19.4 Å². The standard InChI is InChI=1S/C19H22N6O/c1-19(2,3)15-18(26)25-17(14(11-20)16(22-25)23(4)5)24(21-15)12-13-9-7-6-8-10-13/h6-10H,12H2,1-5H3. The van der Waals surface area contributed by atoms with Crippen LogP contribution in [0, 0.1) is 11.3 Å². The van der Waals surface area contributed by atoms with Gasteiger partial charge in [0.1, 0.15) is 17.3 Å². The molecule has 3 aromatic rings. The lowest BCUT2D eigenvalue weighted by molar-refractivity contribution is 0.509. The number of nitrogens with zero attached hydrogens (tertiary/aromatic N) is 6. The quantitative estimate of drug-likeness (QED) is 0.723. The first-order valence-electron chi connectivity index (χ1n) is 8.39. The molecule has 0 atom stereocenters. The summed E-state index contributed by atoms with van der Waals surface area (Å²) in [4.78, 5) is 14.7. The predicted octanol–water partition coefficient (Wildman–Crippen LogP) is 2.17. The lowest BCUT2D eigenvalue weighted by atomic mass is 9.93. The lowest BCUT2D eigenvalue weighted by Gasteiger charge is -2.19. The summed E-state index contributed by atoms with van der Waals surface area (Å²) in [6.07, 6.45) is 0. The van der Waals surface area contributed by atoms with E-state index >= 15 is 0 Å². The van der Waals surface area contributed by atoms with Crippen LogP contribution >= 0.6 is 0 Å². The summed E-state index contributed by atoms with van der Waals surface area (Å²) in [5, 5.41) is 18.7. The van der Waals surface area contributed by atoms with E-state index < -0.39 is 5.41 Å². The average Bonchev–Trinajstić information content (AvgIpc) is 2.98. The highest BCUT2D eigenvalue weighted by Gasteiger charge is 2.27. The topological polar surface area (TPSA) is 79.2 Å². The first-order chi connectivity index (χ1) is 12.2. The molecule has 7 nitrogen and oxygen atoms in total. The zero-order valence-corrected chi connectivity index (χ0v) is 15.7. The molecule has 0 saturated carbocycles. The lowest BCUT2D eigenvalue weighted by Crippen LogP contribution is -2.33. The first kappa shape index (κ1) is 17.7. The van der Waals surface area contributed by atoms with Crippen molar-refractivity contribution in [3.05, 3.63) is 57.5 Å². The number of fused-ring (bicyclic) bond motifs is 1. The van der Waals surface area contributed by atoms with Gasteiger partial charge in [-0.05, 0) is 5.56 Å². The smallest absolute Gasteiger partial charge is 0.296 e. The van der Waals surface area contributed by atoms with Crippen LogP contribution in [0.2, 0.25) is 0 Å². The van der Waals surface area contributed by atoms with Gasteiger partial charge in [0.2, 0.25) is 0 Å². The number of hydrogen-bond donors (Lipinski definition) is 0. The molecule has 0 aliphatic carbocycles. The molecule has 0 spiro atoms. The molecule has 0 bridgehead atoms. The van der Waals surface area contributed by atoms with E-state index in [1.54, 1.807) is 23.7 Å². The van der Waals surface area contributed by atoms with Gasteiger partial charge in [-0.1, -0.05) is 51.1 Å². The second-order valence-electron chi connectivity index (χ2n) is 7.49. The van der Waals surface area contributed by atoms with Crippen molar-refractivity contribution >= 4 is 11.5 Å². The molecule has 0 fully saturated rings. The molecule has 3 rings (SSSR count). The molecule has 2 heterocycles. The molecule has 0 aliphatic heterocycles. The number of benzene rings is 1. The van der Waals surface area contributed by atoms with Gasteiger partial charge >= 0.3 is 0 Å². The minimum Gasteiger partial charge on any atom is -0.360 e. The summed E-state index contributed by atoms with van der Waals surface area (Å²) < 4.78 is 3.01. The maximum atomic E-state index is 13.0. The molecule has 7 heteroatoms. The van der Waals surface area contributed by atoms with Gasteiger partial charge in [0.05, 0.1) is 6.54 Å². The van der Waals surface area contributed by atoms with Crippen LogP contribution < -0.4 is 10.5 Å². The van der Waals surface area contributed by atoms with E-state index in [2.05, 4.69) is 16.3 Å². The minimum absolute atomic E-state index is 0.290. The van der Waals surface area contributed by atoms with Gasteiger partial charge in [-0.3, -0.25) is 4.79 Å². The van der Waals surface area contributed by atoms with Gasteiger partial charge in [-0.25, -0.2) is 4.68 Å². The molecule has 2 aromatic heterocycles. The Bertz CT molecular complexity index is 1050. The van der Waals surface area contributed by atoms with Gasteiger partial charge < -0.3 is 4.90 Å². The van der Waals surface area contributed by atoms with Gasteiger partial charge in [0.15, 0.2) is 11.5 Å². The van der Waals surface area contributed by atoms with Crippen molar-refractivity contribution in [3.63, 3.8) is 0 Å². The minimum atomic E-state index is -0.444. The van der Waals surface area contributed by atoms with Gasteiger partial charge in [0, 0.05) is 19.5 Å². The molecule has 0 amide bonds. The summed E-state index contributed by atoms with van der Waals surface area (Å²) in [5.41, 5.74) is 1.47. The number of aromatic nitrogens is 4. The third-order valence-corrected chi connectivity index (χ3v) is 4.12. The van der Waals surface area contributed by atoms with E-state index in [0.29, 0.717) is 29.3 Å². The van der Waals surface area contributed by atoms with Crippen LogP contribution in [0.4, 0.5) is 5.82 Å². The molecule has 26 heavy (non-hydrogen) atoms.